The molecule has 5 heteroatoms. The zero-order chi connectivity index (χ0) is 12.6. The number of hydrogen-bond acceptors (Lipinski definition) is 2. The number of rotatable bonds is 2. The van der Waals surface area contributed by atoms with Gasteiger partial charge < -0.3 is 5.11 Å². The fraction of sp³-hybridized carbons (Fsp3) is 0.0833. The van der Waals surface area contributed by atoms with Crippen LogP contribution < -0.4 is 0 Å². The number of benzene rings is 1. The summed E-state index contributed by atoms with van der Waals surface area (Å²) in [6.45, 7) is 1.88. The van der Waals surface area contributed by atoms with Crippen molar-refractivity contribution in [3.05, 3.63) is 44.2 Å². The topological polar surface area (TPSA) is 37.3 Å². The summed E-state index contributed by atoms with van der Waals surface area (Å²) in [5.41, 5.74) is 1.77. The minimum absolute atomic E-state index is 0.303. The number of aromatic carboxylic acids is 1. The van der Waals surface area contributed by atoms with Gasteiger partial charge in [0.25, 0.3) is 0 Å². The Labute approximate surface area is 116 Å². The van der Waals surface area contributed by atoms with Gasteiger partial charge in [-0.1, -0.05) is 29.8 Å². The summed E-state index contributed by atoms with van der Waals surface area (Å²) in [4.78, 5) is 12.2. The van der Waals surface area contributed by atoms with Gasteiger partial charge in [-0.2, -0.15) is 0 Å². The van der Waals surface area contributed by atoms with E-state index in [1.807, 2.05) is 25.1 Å². The lowest BCUT2D eigenvalue weighted by Crippen LogP contribution is -1.92. The lowest BCUT2D eigenvalue weighted by Gasteiger charge is -2.02. The molecule has 0 spiro atoms. The van der Waals surface area contributed by atoms with Crippen molar-refractivity contribution < 1.29 is 9.90 Å². The van der Waals surface area contributed by atoms with E-state index in [0.717, 1.165) is 16.0 Å². The van der Waals surface area contributed by atoms with Crippen LogP contribution in [0.25, 0.3) is 10.4 Å². The van der Waals surface area contributed by atoms with Crippen molar-refractivity contribution >= 4 is 44.8 Å². The van der Waals surface area contributed by atoms with E-state index in [1.165, 1.54) is 11.3 Å². The fourth-order valence-electron chi connectivity index (χ4n) is 1.53. The zero-order valence-corrected chi connectivity index (χ0v) is 12.0. The van der Waals surface area contributed by atoms with E-state index >= 15 is 0 Å². The molecule has 0 bridgehead atoms. The predicted octanol–water partition coefficient (Wildman–Crippen LogP) is 4.84. The molecule has 0 amide bonds. The van der Waals surface area contributed by atoms with Gasteiger partial charge in [-0.25, -0.2) is 4.79 Å². The number of thiophene rings is 1. The molecule has 0 atom stereocenters. The maximum atomic E-state index is 11.1. The summed E-state index contributed by atoms with van der Waals surface area (Å²) < 4.78 is 0.630. The zero-order valence-electron chi connectivity index (χ0n) is 8.83. The van der Waals surface area contributed by atoms with E-state index in [2.05, 4.69) is 15.9 Å². The summed E-state index contributed by atoms with van der Waals surface area (Å²) in [6, 6.07) is 7.42. The van der Waals surface area contributed by atoms with Crippen LogP contribution in [0.2, 0.25) is 5.02 Å². The first-order valence-corrected chi connectivity index (χ1v) is 6.78. The Balaban J connectivity index is 2.66. The average Bonchev–Trinajstić information content (AvgIpc) is 2.57. The van der Waals surface area contributed by atoms with E-state index in [0.29, 0.717) is 14.4 Å². The van der Waals surface area contributed by atoms with Crippen molar-refractivity contribution in [1.82, 2.24) is 0 Å². The molecule has 0 aliphatic heterocycles. The number of halogens is 2. The average molecular weight is 332 g/mol. The Morgan fingerprint density at radius 1 is 1.41 bits per heavy atom. The Morgan fingerprint density at radius 2 is 2.06 bits per heavy atom. The molecule has 1 aromatic heterocycles. The van der Waals surface area contributed by atoms with Crippen molar-refractivity contribution in [3.8, 4) is 10.4 Å². The smallest absolute Gasteiger partial charge is 0.347 e. The predicted molar refractivity (Wildman–Crippen MR) is 74.2 cm³/mol. The standard InChI is InChI=1S/C12H8BrClO2S/c1-6-9(13)11(12(15)16)17-10(6)7-4-2-3-5-8(7)14/h2-5H,1H3,(H,15,16). The molecule has 2 nitrogen and oxygen atoms in total. The number of carbonyl (C=O) groups is 1. The van der Waals surface area contributed by atoms with Gasteiger partial charge in [0.15, 0.2) is 0 Å². The molecule has 1 N–H and O–H groups in total. The summed E-state index contributed by atoms with van der Waals surface area (Å²) in [5, 5.41) is 9.69. The monoisotopic (exact) mass is 330 g/mol. The lowest BCUT2D eigenvalue weighted by atomic mass is 10.1. The third kappa shape index (κ3) is 2.25. The summed E-state index contributed by atoms with van der Waals surface area (Å²) in [6.07, 6.45) is 0. The molecule has 0 fully saturated rings. The second-order valence-corrected chi connectivity index (χ2v) is 5.71. The minimum atomic E-state index is -0.928. The van der Waals surface area contributed by atoms with E-state index in [-0.39, 0.29) is 0 Å². The number of hydrogen-bond donors (Lipinski definition) is 1. The largest absolute Gasteiger partial charge is 0.477 e. The van der Waals surface area contributed by atoms with Crippen molar-refractivity contribution in [3.63, 3.8) is 0 Å². The first-order valence-electron chi connectivity index (χ1n) is 4.79. The van der Waals surface area contributed by atoms with Crippen LogP contribution >= 0.6 is 38.9 Å². The Morgan fingerprint density at radius 3 is 2.59 bits per heavy atom. The molecule has 0 unspecified atom stereocenters. The molecule has 88 valence electrons. The molecule has 0 radical (unpaired) electrons. The maximum absolute atomic E-state index is 11.1. The van der Waals surface area contributed by atoms with Crippen molar-refractivity contribution in [2.75, 3.05) is 0 Å². The highest BCUT2D eigenvalue weighted by Gasteiger charge is 2.19. The molecular formula is C12H8BrClO2S. The van der Waals surface area contributed by atoms with Gasteiger partial charge in [0, 0.05) is 19.9 Å². The van der Waals surface area contributed by atoms with Gasteiger partial charge in [0.1, 0.15) is 4.88 Å². The van der Waals surface area contributed by atoms with Crippen LogP contribution in [0.15, 0.2) is 28.7 Å². The third-order valence-electron chi connectivity index (χ3n) is 2.39. The normalized spacial score (nSPS) is 10.5. The van der Waals surface area contributed by atoms with E-state index in [9.17, 15) is 4.79 Å². The Bertz CT molecular complexity index is 592. The highest BCUT2D eigenvalue weighted by Crippen LogP contribution is 2.41. The van der Waals surface area contributed by atoms with Crippen LogP contribution in [0.1, 0.15) is 15.2 Å². The van der Waals surface area contributed by atoms with Crippen LogP contribution in [-0.2, 0) is 0 Å². The van der Waals surface area contributed by atoms with Crippen molar-refractivity contribution in [1.29, 1.82) is 0 Å². The molecule has 1 heterocycles. The van der Waals surface area contributed by atoms with E-state index in [4.69, 9.17) is 16.7 Å². The molecular weight excluding hydrogens is 324 g/mol. The van der Waals surface area contributed by atoms with Crippen LogP contribution in [0, 0.1) is 6.92 Å². The fourth-order valence-corrected chi connectivity index (χ4v) is 3.64. The summed E-state index contributed by atoms with van der Waals surface area (Å²) in [5.74, 6) is -0.928. The summed E-state index contributed by atoms with van der Waals surface area (Å²) >= 11 is 10.7. The van der Waals surface area contributed by atoms with Crippen molar-refractivity contribution in [2.24, 2.45) is 0 Å². The van der Waals surface area contributed by atoms with Gasteiger partial charge in [-0.05, 0) is 34.5 Å². The third-order valence-corrected chi connectivity index (χ3v) is 5.28. The van der Waals surface area contributed by atoms with Crippen molar-refractivity contribution in [2.45, 2.75) is 6.92 Å². The quantitative estimate of drug-likeness (QED) is 0.855. The van der Waals surface area contributed by atoms with E-state index < -0.39 is 5.97 Å². The van der Waals surface area contributed by atoms with Gasteiger partial charge in [0.2, 0.25) is 0 Å². The second-order valence-electron chi connectivity index (χ2n) is 3.48. The van der Waals surface area contributed by atoms with Crippen LogP contribution in [0.4, 0.5) is 0 Å². The van der Waals surface area contributed by atoms with Gasteiger partial charge in [-0.3, -0.25) is 0 Å². The van der Waals surface area contributed by atoms with Crippen LogP contribution in [-0.4, -0.2) is 11.1 Å². The molecule has 0 aliphatic rings. The summed E-state index contributed by atoms with van der Waals surface area (Å²) in [7, 11) is 0. The minimum Gasteiger partial charge on any atom is -0.477 e. The molecule has 2 aromatic rings. The molecule has 0 saturated heterocycles. The number of carboxylic acids is 1. The highest BCUT2D eigenvalue weighted by molar-refractivity contribution is 9.10. The molecule has 0 saturated carbocycles. The van der Waals surface area contributed by atoms with E-state index in [1.54, 1.807) is 6.07 Å². The van der Waals surface area contributed by atoms with Gasteiger partial charge in [-0.15, -0.1) is 11.3 Å². The van der Waals surface area contributed by atoms with Crippen LogP contribution in [0.5, 0.6) is 0 Å². The second kappa shape index (κ2) is 4.80. The number of carboxylic acid groups (broad SMARTS) is 1. The molecule has 2 rings (SSSR count). The Hall–Kier alpha value is -0.840. The molecule has 0 aliphatic carbocycles. The van der Waals surface area contributed by atoms with Gasteiger partial charge >= 0.3 is 5.97 Å². The maximum Gasteiger partial charge on any atom is 0.347 e. The first kappa shape index (κ1) is 12.6. The molecule has 1 aromatic carbocycles. The Kier molecular flexibility index (Phi) is 3.56. The van der Waals surface area contributed by atoms with Gasteiger partial charge in [0.05, 0.1) is 0 Å². The highest BCUT2D eigenvalue weighted by atomic mass is 79.9. The molecule has 17 heavy (non-hydrogen) atoms. The SMILES string of the molecule is Cc1c(-c2ccccc2Cl)sc(C(=O)O)c1Br. The first-order chi connectivity index (χ1) is 8.02. The van der Waals surface area contributed by atoms with Crippen LogP contribution in [0.3, 0.4) is 0 Å². The lowest BCUT2D eigenvalue weighted by molar-refractivity contribution is 0.0701.